The van der Waals surface area contributed by atoms with E-state index in [2.05, 4.69) is 16.9 Å². The first-order valence-corrected chi connectivity index (χ1v) is 7.30. The van der Waals surface area contributed by atoms with E-state index in [1.807, 2.05) is 18.2 Å². The first-order valence-electron chi connectivity index (χ1n) is 7.30. The zero-order chi connectivity index (χ0) is 13.7. The lowest BCUT2D eigenvalue weighted by molar-refractivity contribution is -0.114. The van der Waals surface area contributed by atoms with Crippen LogP contribution in [0.3, 0.4) is 0 Å². The normalized spacial score (nSPS) is 22.9. The van der Waals surface area contributed by atoms with Crippen molar-refractivity contribution in [2.75, 3.05) is 13.1 Å². The molecular weight excluding hydrogens is 246 g/mol. The van der Waals surface area contributed by atoms with Crippen LogP contribution in [0, 0.1) is 17.8 Å². The van der Waals surface area contributed by atoms with E-state index in [1.165, 1.54) is 19.3 Å². The molecule has 2 aliphatic carbocycles. The second-order valence-electron chi connectivity index (χ2n) is 6.30. The van der Waals surface area contributed by atoms with Crippen molar-refractivity contribution in [3.05, 3.63) is 41.0 Å². The molecule has 2 fully saturated rings. The van der Waals surface area contributed by atoms with E-state index in [0.717, 1.165) is 29.9 Å². The number of fused-ring (bicyclic) bond motifs is 1. The number of hydrogen-bond donors (Lipinski definition) is 0. The SMILES string of the molecule is C#CC1=C(N2CCC3(CC3)C2)c2ccccc2CC1=O. The van der Waals surface area contributed by atoms with Gasteiger partial charge in [0.25, 0.3) is 0 Å². The van der Waals surface area contributed by atoms with E-state index in [9.17, 15) is 4.79 Å². The molecule has 1 spiro atoms. The van der Waals surface area contributed by atoms with Crippen LogP contribution < -0.4 is 0 Å². The minimum atomic E-state index is 0.0953. The summed E-state index contributed by atoms with van der Waals surface area (Å²) in [6.07, 6.45) is 9.98. The molecule has 3 aliphatic rings. The second kappa shape index (κ2) is 3.99. The lowest BCUT2D eigenvalue weighted by Gasteiger charge is -2.28. The number of nitrogens with zero attached hydrogens (tertiary/aromatic N) is 1. The third-order valence-corrected chi connectivity index (χ3v) is 5.00. The van der Waals surface area contributed by atoms with Crippen molar-refractivity contribution in [3.8, 4) is 12.3 Å². The number of hydrogen-bond acceptors (Lipinski definition) is 2. The van der Waals surface area contributed by atoms with Crippen LogP contribution in [0.15, 0.2) is 29.8 Å². The van der Waals surface area contributed by atoms with Crippen LogP contribution in [0.5, 0.6) is 0 Å². The quantitative estimate of drug-likeness (QED) is 0.726. The Labute approximate surface area is 119 Å². The van der Waals surface area contributed by atoms with Crippen molar-refractivity contribution in [2.24, 2.45) is 5.41 Å². The van der Waals surface area contributed by atoms with Crippen LogP contribution in [0.4, 0.5) is 0 Å². The number of carbonyl (C=O) groups excluding carboxylic acids is 1. The summed E-state index contributed by atoms with van der Waals surface area (Å²) in [5, 5.41) is 0. The van der Waals surface area contributed by atoms with Crippen molar-refractivity contribution < 1.29 is 4.79 Å². The zero-order valence-electron chi connectivity index (χ0n) is 11.5. The molecule has 1 aromatic carbocycles. The first-order chi connectivity index (χ1) is 9.72. The number of ketones is 1. The average molecular weight is 263 g/mol. The Kier molecular flexibility index (Phi) is 2.35. The molecule has 0 atom stereocenters. The van der Waals surface area contributed by atoms with Gasteiger partial charge in [0.1, 0.15) is 0 Å². The predicted molar refractivity (Wildman–Crippen MR) is 78.8 cm³/mol. The van der Waals surface area contributed by atoms with Gasteiger partial charge in [0.05, 0.1) is 11.3 Å². The second-order valence-corrected chi connectivity index (χ2v) is 6.30. The molecule has 0 amide bonds. The van der Waals surface area contributed by atoms with Gasteiger partial charge in [0, 0.05) is 25.1 Å². The fourth-order valence-corrected chi connectivity index (χ4v) is 3.62. The summed E-state index contributed by atoms with van der Waals surface area (Å²) in [4.78, 5) is 14.7. The van der Waals surface area contributed by atoms with E-state index < -0.39 is 0 Å². The molecule has 2 heteroatoms. The minimum Gasteiger partial charge on any atom is -0.369 e. The fourth-order valence-electron chi connectivity index (χ4n) is 3.62. The molecule has 2 nitrogen and oxygen atoms in total. The standard InChI is InChI=1S/C18H17NO/c1-2-14-16(20)11-13-5-3-4-6-15(13)17(14)19-10-9-18(12-19)7-8-18/h1,3-6H,7-12H2. The Morgan fingerprint density at radius 3 is 2.70 bits per heavy atom. The lowest BCUT2D eigenvalue weighted by Crippen LogP contribution is -2.27. The molecule has 100 valence electrons. The first kappa shape index (κ1) is 11.8. The third kappa shape index (κ3) is 1.63. The Morgan fingerprint density at radius 1 is 1.20 bits per heavy atom. The van der Waals surface area contributed by atoms with Gasteiger partial charge in [-0.2, -0.15) is 0 Å². The highest BCUT2D eigenvalue weighted by molar-refractivity contribution is 6.10. The minimum absolute atomic E-state index is 0.0953. The highest BCUT2D eigenvalue weighted by atomic mass is 16.1. The topological polar surface area (TPSA) is 20.3 Å². The third-order valence-electron chi connectivity index (χ3n) is 5.00. The van der Waals surface area contributed by atoms with Crippen molar-refractivity contribution in [1.82, 2.24) is 4.90 Å². The van der Waals surface area contributed by atoms with Crippen LogP contribution in [0.1, 0.15) is 30.4 Å². The molecule has 1 heterocycles. The Bertz CT molecular complexity index is 673. The predicted octanol–water partition coefficient (Wildman–Crippen LogP) is 2.64. The van der Waals surface area contributed by atoms with Crippen molar-refractivity contribution >= 4 is 11.5 Å². The van der Waals surface area contributed by atoms with Gasteiger partial charge in [-0.05, 0) is 30.2 Å². The van der Waals surface area contributed by atoms with E-state index in [1.54, 1.807) is 0 Å². The van der Waals surface area contributed by atoms with Crippen molar-refractivity contribution in [3.63, 3.8) is 0 Å². The molecular formula is C18H17NO. The van der Waals surface area contributed by atoms with Gasteiger partial charge in [-0.15, -0.1) is 6.42 Å². The number of carbonyl (C=O) groups is 1. The molecule has 0 radical (unpaired) electrons. The van der Waals surface area contributed by atoms with E-state index in [-0.39, 0.29) is 5.78 Å². The summed E-state index contributed by atoms with van der Waals surface area (Å²) in [6, 6.07) is 8.18. The largest absolute Gasteiger partial charge is 0.369 e. The van der Waals surface area contributed by atoms with Crippen molar-refractivity contribution in [1.29, 1.82) is 0 Å². The van der Waals surface area contributed by atoms with Crippen LogP contribution in [0.2, 0.25) is 0 Å². The Hall–Kier alpha value is -2.01. The van der Waals surface area contributed by atoms with Gasteiger partial charge >= 0.3 is 0 Å². The number of rotatable bonds is 1. The number of benzene rings is 1. The van der Waals surface area contributed by atoms with Crippen molar-refractivity contribution in [2.45, 2.75) is 25.7 Å². The summed E-state index contributed by atoms with van der Waals surface area (Å²) >= 11 is 0. The molecule has 0 unspecified atom stereocenters. The summed E-state index contributed by atoms with van der Waals surface area (Å²) in [5.74, 6) is 2.75. The monoisotopic (exact) mass is 263 g/mol. The number of allylic oxidation sites excluding steroid dienone is 1. The van der Waals surface area contributed by atoms with Gasteiger partial charge < -0.3 is 4.90 Å². The average Bonchev–Trinajstić information content (AvgIpc) is 3.08. The van der Waals surface area contributed by atoms with E-state index >= 15 is 0 Å². The van der Waals surface area contributed by atoms with Gasteiger partial charge in [-0.3, -0.25) is 4.79 Å². The smallest absolute Gasteiger partial charge is 0.177 e. The molecule has 4 rings (SSSR count). The van der Waals surface area contributed by atoms with Gasteiger partial charge in [0.15, 0.2) is 5.78 Å². The zero-order valence-corrected chi connectivity index (χ0v) is 11.5. The highest BCUT2D eigenvalue weighted by Gasteiger charge is 2.48. The summed E-state index contributed by atoms with van der Waals surface area (Å²) in [7, 11) is 0. The Morgan fingerprint density at radius 2 is 2.00 bits per heavy atom. The Balaban J connectivity index is 1.84. The lowest BCUT2D eigenvalue weighted by atomic mass is 9.88. The molecule has 0 N–H and O–H groups in total. The highest BCUT2D eigenvalue weighted by Crippen LogP contribution is 2.54. The summed E-state index contributed by atoms with van der Waals surface area (Å²) in [6.45, 7) is 2.09. The maximum atomic E-state index is 12.3. The van der Waals surface area contributed by atoms with Crippen LogP contribution in [-0.2, 0) is 11.2 Å². The maximum Gasteiger partial charge on any atom is 0.177 e. The fraction of sp³-hybridized carbons (Fsp3) is 0.389. The molecule has 20 heavy (non-hydrogen) atoms. The molecule has 1 aromatic rings. The molecule has 1 saturated carbocycles. The van der Waals surface area contributed by atoms with E-state index in [4.69, 9.17) is 6.42 Å². The van der Waals surface area contributed by atoms with Crippen LogP contribution >= 0.6 is 0 Å². The molecule has 1 aliphatic heterocycles. The van der Waals surface area contributed by atoms with E-state index in [0.29, 0.717) is 17.4 Å². The van der Waals surface area contributed by atoms with Crippen LogP contribution in [0.25, 0.3) is 5.70 Å². The van der Waals surface area contributed by atoms with Gasteiger partial charge in [-0.25, -0.2) is 0 Å². The summed E-state index contributed by atoms with van der Waals surface area (Å²) < 4.78 is 0. The summed E-state index contributed by atoms with van der Waals surface area (Å²) in [5.41, 5.74) is 4.41. The molecule has 1 saturated heterocycles. The number of terminal acetylenes is 1. The maximum absolute atomic E-state index is 12.3. The molecule has 0 aromatic heterocycles. The number of Topliss-reactive ketones (excluding diaryl/α,β-unsaturated/α-hetero) is 1. The van der Waals surface area contributed by atoms with Crippen LogP contribution in [-0.4, -0.2) is 23.8 Å². The number of likely N-dealkylation sites (tertiary alicyclic amines) is 1. The van der Waals surface area contributed by atoms with Gasteiger partial charge in [0.2, 0.25) is 0 Å². The van der Waals surface area contributed by atoms with Gasteiger partial charge in [-0.1, -0.05) is 30.2 Å². The molecule has 0 bridgehead atoms.